The van der Waals surface area contributed by atoms with Crippen molar-refractivity contribution in [1.82, 2.24) is 15.1 Å². The Balaban J connectivity index is 0.00000176. The zero-order valence-corrected chi connectivity index (χ0v) is 12.8. The van der Waals surface area contributed by atoms with Gasteiger partial charge in [-0.25, -0.2) is 4.39 Å². The number of nitrogens with one attached hydrogen (secondary N) is 2. The van der Waals surface area contributed by atoms with Crippen molar-refractivity contribution in [2.45, 2.75) is 18.4 Å². The standard InChI is InChI=1S/C15H17FN4O.ClH/c16-12-3-1-4-13(11-12)19-14(21)15(5-8-17-9-6-15)20-10-2-7-18-20;/h1-4,7,10-11,17H,5-6,8-9H2,(H,19,21);1H. The molecular weight excluding hydrogens is 307 g/mol. The number of carbonyl (C=O) groups excluding carboxylic acids is 1. The van der Waals surface area contributed by atoms with E-state index in [9.17, 15) is 9.18 Å². The van der Waals surface area contributed by atoms with Gasteiger partial charge in [0, 0.05) is 18.1 Å². The molecule has 0 unspecified atom stereocenters. The normalized spacial score (nSPS) is 16.6. The van der Waals surface area contributed by atoms with E-state index in [1.54, 1.807) is 35.3 Å². The molecule has 1 aromatic heterocycles. The van der Waals surface area contributed by atoms with E-state index in [-0.39, 0.29) is 24.1 Å². The largest absolute Gasteiger partial charge is 0.324 e. The molecule has 7 heteroatoms. The first kappa shape index (κ1) is 16.5. The van der Waals surface area contributed by atoms with Crippen LogP contribution in [0.4, 0.5) is 10.1 Å². The van der Waals surface area contributed by atoms with Crippen LogP contribution in [0.1, 0.15) is 12.8 Å². The van der Waals surface area contributed by atoms with E-state index in [0.717, 1.165) is 13.1 Å². The summed E-state index contributed by atoms with van der Waals surface area (Å²) < 4.78 is 15.0. The highest BCUT2D eigenvalue weighted by Crippen LogP contribution is 2.28. The Morgan fingerprint density at radius 1 is 1.32 bits per heavy atom. The van der Waals surface area contributed by atoms with E-state index in [4.69, 9.17) is 0 Å². The van der Waals surface area contributed by atoms with Crippen molar-refractivity contribution in [2.75, 3.05) is 18.4 Å². The van der Waals surface area contributed by atoms with Crippen LogP contribution in [0.15, 0.2) is 42.7 Å². The predicted molar refractivity (Wildman–Crippen MR) is 84.6 cm³/mol. The molecule has 1 fully saturated rings. The van der Waals surface area contributed by atoms with Crippen molar-refractivity contribution in [3.8, 4) is 0 Å². The van der Waals surface area contributed by atoms with Crippen molar-refractivity contribution in [1.29, 1.82) is 0 Å². The smallest absolute Gasteiger partial charge is 0.252 e. The van der Waals surface area contributed by atoms with Gasteiger partial charge in [0.05, 0.1) is 0 Å². The molecular formula is C15H18ClFN4O. The molecule has 2 heterocycles. The molecule has 0 saturated carbocycles. The number of rotatable bonds is 3. The summed E-state index contributed by atoms with van der Waals surface area (Å²) >= 11 is 0. The average molecular weight is 325 g/mol. The van der Waals surface area contributed by atoms with Gasteiger partial charge in [-0.1, -0.05) is 6.07 Å². The van der Waals surface area contributed by atoms with Crippen LogP contribution in [0.5, 0.6) is 0 Å². The third kappa shape index (κ3) is 3.13. The van der Waals surface area contributed by atoms with Crippen LogP contribution in [0.2, 0.25) is 0 Å². The lowest BCUT2D eigenvalue weighted by molar-refractivity contribution is -0.126. The fraction of sp³-hybridized carbons (Fsp3) is 0.333. The lowest BCUT2D eigenvalue weighted by Gasteiger charge is -2.36. The number of amides is 1. The van der Waals surface area contributed by atoms with E-state index >= 15 is 0 Å². The molecule has 22 heavy (non-hydrogen) atoms. The van der Waals surface area contributed by atoms with Gasteiger partial charge >= 0.3 is 0 Å². The highest BCUT2D eigenvalue weighted by atomic mass is 35.5. The highest BCUT2D eigenvalue weighted by Gasteiger charge is 2.42. The lowest BCUT2D eigenvalue weighted by atomic mass is 9.87. The molecule has 1 aromatic carbocycles. The summed E-state index contributed by atoms with van der Waals surface area (Å²) in [7, 11) is 0. The second-order valence-corrected chi connectivity index (χ2v) is 5.20. The number of nitrogens with zero attached hydrogens (tertiary/aromatic N) is 2. The molecule has 0 bridgehead atoms. The summed E-state index contributed by atoms with van der Waals surface area (Å²) in [6, 6.07) is 7.73. The second kappa shape index (κ2) is 6.89. The van der Waals surface area contributed by atoms with Gasteiger partial charge in [0.1, 0.15) is 11.4 Å². The molecule has 5 nitrogen and oxygen atoms in total. The number of anilines is 1. The maximum absolute atomic E-state index is 13.2. The van der Waals surface area contributed by atoms with Gasteiger partial charge in [-0.15, -0.1) is 12.4 Å². The topological polar surface area (TPSA) is 59.0 Å². The van der Waals surface area contributed by atoms with E-state index in [1.807, 2.05) is 0 Å². The third-order valence-electron chi connectivity index (χ3n) is 3.88. The molecule has 118 valence electrons. The van der Waals surface area contributed by atoms with Crippen LogP contribution < -0.4 is 10.6 Å². The molecule has 3 rings (SSSR count). The van der Waals surface area contributed by atoms with E-state index in [0.29, 0.717) is 18.5 Å². The molecule has 0 spiro atoms. The first-order valence-corrected chi connectivity index (χ1v) is 6.99. The van der Waals surface area contributed by atoms with Crippen LogP contribution in [0.3, 0.4) is 0 Å². The first-order valence-electron chi connectivity index (χ1n) is 6.99. The quantitative estimate of drug-likeness (QED) is 0.909. The van der Waals surface area contributed by atoms with Crippen molar-refractivity contribution < 1.29 is 9.18 Å². The Morgan fingerprint density at radius 2 is 2.09 bits per heavy atom. The van der Waals surface area contributed by atoms with Crippen LogP contribution in [0.25, 0.3) is 0 Å². The van der Waals surface area contributed by atoms with Crippen LogP contribution in [0, 0.1) is 5.82 Å². The minimum atomic E-state index is -0.721. The van der Waals surface area contributed by atoms with Gasteiger partial charge < -0.3 is 10.6 Å². The minimum Gasteiger partial charge on any atom is -0.324 e. The minimum absolute atomic E-state index is 0. The average Bonchev–Trinajstić information content (AvgIpc) is 3.02. The van der Waals surface area contributed by atoms with Gasteiger partial charge in [0.2, 0.25) is 0 Å². The molecule has 1 aliphatic heterocycles. The van der Waals surface area contributed by atoms with Crippen LogP contribution in [-0.4, -0.2) is 28.8 Å². The van der Waals surface area contributed by atoms with Gasteiger partial charge in [0.15, 0.2) is 0 Å². The summed E-state index contributed by atoms with van der Waals surface area (Å²) in [6.07, 6.45) is 4.77. The number of hydrogen-bond donors (Lipinski definition) is 2. The zero-order chi connectivity index (χ0) is 14.7. The number of hydrogen-bond acceptors (Lipinski definition) is 3. The molecule has 2 N–H and O–H groups in total. The Kier molecular flexibility index (Phi) is 5.15. The number of halogens is 2. The van der Waals surface area contributed by atoms with Gasteiger partial charge in [-0.2, -0.15) is 5.10 Å². The summed E-state index contributed by atoms with van der Waals surface area (Å²) in [5.74, 6) is -0.524. The van der Waals surface area contributed by atoms with E-state index < -0.39 is 5.54 Å². The van der Waals surface area contributed by atoms with Crippen molar-refractivity contribution in [2.24, 2.45) is 0 Å². The molecule has 0 aliphatic carbocycles. The summed E-state index contributed by atoms with van der Waals surface area (Å²) in [4.78, 5) is 12.8. The monoisotopic (exact) mass is 324 g/mol. The maximum atomic E-state index is 13.2. The summed E-state index contributed by atoms with van der Waals surface area (Å²) in [5, 5.41) is 10.3. The molecule has 0 radical (unpaired) electrons. The lowest BCUT2D eigenvalue weighted by Crippen LogP contribution is -2.52. The number of carbonyl (C=O) groups is 1. The maximum Gasteiger partial charge on any atom is 0.252 e. The fourth-order valence-corrected chi connectivity index (χ4v) is 2.74. The number of benzene rings is 1. The van der Waals surface area contributed by atoms with Gasteiger partial charge in [-0.3, -0.25) is 9.48 Å². The first-order chi connectivity index (χ1) is 10.2. The predicted octanol–water partition coefficient (Wildman–Crippen LogP) is 2.16. The van der Waals surface area contributed by atoms with E-state index in [1.165, 1.54) is 12.1 Å². The number of aromatic nitrogens is 2. The molecule has 0 atom stereocenters. The molecule has 1 saturated heterocycles. The van der Waals surface area contributed by atoms with Crippen molar-refractivity contribution >= 4 is 24.0 Å². The Morgan fingerprint density at radius 3 is 2.73 bits per heavy atom. The van der Waals surface area contributed by atoms with Crippen LogP contribution >= 0.6 is 12.4 Å². The summed E-state index contributed by atoms with van der Waals surface area (Å²) in [5.41, 5.74) is -0.258. The molecule has 1 amide bonds. The van der Waals surface area contributed by atoms with Gasteiger partial charge in [0.25, 0.3) is 5.91 Å². The van der Waals surface area contributed by atoms with Gasteiger partial charge in [-0.05, 0) is 50.2 Å². The SMILES string of the molecule is Cl.O=C(Nc1cccc(F)c1)C1(n2cccn2)CCNCC1. The zero-order valence-electron chi connectivity index (χ0n) is 12.0. The molecule has 1 aliphatic rings. The Bertz CT molecular complexity index is 626. The number of piperidine rings is 1. The Labute approximate surface area is 134 Å². The van der Waals surface area contributed by atoms with Crippen molar-refractivity contribution in [3.63, 3.8) is 0 Å². The van der Waals surface area contributed by atoms with Crippen molar-refractivity contribution in [3.05, 3.63) is 48.5 Å². The third-order valence-corrected chi connectivity index (χ3v) is 3.88. The van der Waals surface area contributed by atoms with E-state index in [2.05, 4.69) is 15.7 Å². The Hall–Kier alpha value is -1.92. The van der Waals surface area contributed by atoms with Crippen LogP contribution in [-0.2, 0) is 10.3 Å². The fourth-order valence-electron chi connectivity index (χ4n) is 2.74. The summed E-state index contributed by atoms with van der Waals surface area (Å²) in [6.45, 7) is 1.49. The highest BCUT2D eigenvalue weighted by molar-refractivity contribution is 5.96. The second-order valence-electron chi connectivity index (χ2n) is 5.20. The molecule has 2 aromatic rings.